The number of hydrogen-bond donors (Lipinski definition) is 4. The molecule has 0 bridgehead atoms. The van der Waals surface area contributed by atoms with Gasteiger partial charge in [-0.05, 0) is 18.6 Å². The number of epoxide rings is 1. The van der Waals surface area contributed by atoms with Gasteiger partial charge >= 0.3 is 0 Å². The van der Waals surface area contributed by atoms with Gasteiger partial charge in [-0.1, -0.05) is 12.1 Å². The third-order valence-electron chi connectivity index (χ3n) is 4.70. The molecule has 5 atom stereocenters. The summed E-state index contributed by atoms with van der Waals surface area (Å²) in [5, 5.41) is 41.2. The first-order valence-corrected chi connectivity index (χ1v) is 6.12. The molecule has 4 rings (SSSR count). The summed E-state index contributed by atoms with van der Waals surface area (Å²) in [6.07, 6.45) is -2.32. The van der Waals surface area contributed by atoms with Gasteiger partial charge in [-0.25, -0.2) is 0 Å². The van der Waals surface area contributed by atoms with Gasteiger partial charge in [0.2, 0.25) is 0 Å². The SMILES string of the molecule is C[C@@]1(O)OC[C@@]23O[C@]21[C@@H](O)c1c(O)cccc1[C@H]3O. The van der Waals surface area contributed by atoms with E-state index in [1.165, 1.54) is 13.0 Å². The average Bonchev–Trinajstić information content (AvgIpc) is 3.01. The van der Waals surface area contributed by atoms with Gasteiger partial charge in [0.1, 0.15) is 18.0 Å². The van der Waals surface area contributed by atoms with Crippen molar-refractivity contribution in [2.45, 2.75) is 36.1 Å². The second kappa shape index (κ2) is 2.94. The van der Waals surface area contributed by atoms with E-state index in [1.54, 1.807) is 12.1 Å². The number of phenolic OH excluding ortho intramolecular Hbond substituents is 1. The summed E-state index contributed by atoms with van der Waals surface area (Å²) < 4.78 is 10.9. The minimum atomic E-state index is -1.71. The molecule has 2 fully saturated rings. The van der Waals surface area contributed by atoms with Crippen LogP contribution >= 0.6 is 0 Å². The Hall–Kier alpha value is -1.18. The van der Waals surface area contributed by atoms with Crippen molar-refractivity contribution in [3.63, 3.8) is 0 Å². The first-order chi connectivity index (χ1) is 8.87. The molecule has 3 aliphatic rings. The molecular weight excluding hydrogens is 252 g/mol. The van der Waals surface area contributed by atoms with E-state index in [0.717, 1.165) is 0 Å². The lowest BCUT2D eigenvalue weighted by Crippen LogP contribution is -2.50. The van der Waals surface area contributed by atoms with Crippen LogP contribution in [0.4, 0.5) is 0 Å². The van der Waals surface area contributed by atoms with E-state index in [0.29, 0.717) is 5.56 Å². The fraction of sp³-hybridized carbons (Fsp3) is 0.538. The average molecular weight is 266 g/mol. The second-order valence-corrected chi connectivity index (χ2v) is 5.58. The van der Waals surface area contributed by atoms with Gasteiger partial charge in [-0.3, -0.25) is 0 Å². The normalized spacial score (nSPS) is 50.3. The lowest BCUT2D eigenvalue weighted by Gasteiger charge is -2.34. The Morgan fingerprint density at radius 2 is 2.00 bits per heavy atom. The van der Waals surface area contributed by atoms with Gasteiger partial charge in [-0.2, -0.15) is 0 Å². The number of aliphatic hydroxyl groups is 3. The molecule has 1 aliphatic carbocycles. The molecule has 4 N–H and O–H groups in total. The molecule has 0 radical (unpaired) electrons. The third-order valence-corrected chi connectivity index (χ3v) is 4.70. The first kappa shape index (κ1) is 11.6. The van der Waals surface area contributed by atoms with Crippen molar-refractivity contribution in [2.24, 2.45) is 0 Å². The van der Waals surface area contributed by atoms with Gasteiger partial charge < -0.3 is 29.9 Å². The Morgan fingerprint density at radius 1 is 1.26 bits per heavy atom. The van der Waals surface area contributed by atoms with Crippen molar-refractivity contribution in [1.82, 2.24) is 0 Å². The summed E-state index contributed by atoms with van der Waals surface area (Å²) in [6, 6.07) is 4.63. The third kappa shape index (κ3) is 0.967. The Kier molecular flexibility index (Phi) is 1.80. The van der Waals surface area contributed by atoms with Crippen LogP contribution in [0.15, 0.2) is 18.2 Å². The number of aliphatic hydroxyl groups excluding tert-OH is 2. The quantitative estimate of drug-likeness (QED) is 0.482. The monoisotopic (exact) mass is 266 g/mol. The van der Waals surface area contributed by atoms with E-state index >= 15 is 0 Å². The molecule has 0 aromatic heterocycles. The standard InChI is InChI=1S/C13H14O6/c1-11(17)13-10(16)8-6(3-2-4-7(8)14)9(15)12(13,19-13)5-18-11/h2-4,9-10,14-17H,5H2,1H3/t9-,10+,11-,12+,13+/m1/s1. The Balaban J connectivity index is 1.99. The maximum Gasteiger partial charge on any atom is 0.198 e. The summed E-state index contributed by atoms with van der Waals surface area (Å²) in [5.74, 6) is -1.85. The lowest BCUT2D eigenvalue weighted by molar-refractivity contribution is -0.239. The van der Waals surface area contributed by atoms with E-state index in [1.807, 2.05) is 0 Å². The summed E-state index contributed by atoms with van der Waals surface area (Å²) in [7, 11) is 0. The van der Waals surface area contributed by atoms with E-state index in [4.69, 9.17) is 9.47 Å². The van der Waals surface area contributed by atoms with Crippen LogP contribution in [0, 0.1) is 0 Å². The number of phenols is 1. The maximum atomic E-state index is 10.5. The zero-order valence-corrected chi connectivity index (χ0v) is 10.2. The van der Waals surface area contributed by atoms with Gasteiger partial charge in [0.25, 0.3) is 0 Å². The van der Waals surface area contributed by atoms with E-state index in [-0.39, 0.29) is 17.9 Å². The smallest absolute Gasteiger partial charge is 0.198 e. The lowest BCUT2D eigenvalue weighted by atomic mass is 9.70. The van der Waals surface area contributed by atoms with Crippen LogP contribution in [0.5, 0.6) is 5.75 Å². The molecule has 6 heteroatoms. The highest BCUT2D eigenvalue weighted by atomic mass is 16.8. The van der Waals surface area contributed by atoms with E-state index in [2.05, 4.69) is 0 Å². The molecule has 19 heavy (non-hydrogen) atoms. The van der Waals surface area contributed by atoms with Crippen molar-refractivity contribution in [3.8, 4) is 5.75 Å². The van der Waals surface area contributed by atoms with Gasteiger partial charge in [0, 0.05) is 5.56 Å². The first-order valence-electron chi connectivity index (χ1n) is 6.12. The molecule has 1 aromatic rings. The number of fused-ring (bicyclic) bond motifs is 1. The summed E-state index contributed by atoms with van der Waals surface area (Å²) >= 11 is 0. The van der Waals surface area contributed by atoms with Crippen molar-refractivity contribution in [3.05, 3.63) is 29.3 Å². The van der Waals surface area contributed by atoms with E-state index in [9.17, 15) is 20.4 Å². The second-order valence-electron chi connectivity index (χ2n) is 5.58. The maximum absolute atomic E-state index is 10.5. The highest BCUT2D eigenvalue weighted by molar-refractivity contribution is 5.53. The van der Waals surface area contributed by atoms with Gasteiger partial charge in [-0.15, -0.1) is 0 Å². The molecular formula is C13H14O6. The van der Waals surface area contributed by atoms with Crippen molar-refractivity contribution < 1.29 is 29.9 Å². The van der Waals surface area contributed by atoms with Crippen LogP contribution in [-0.2, 0) is 9.47 Å². The molecule has 2 heterocycles. The molecule has 0 amide bonds. The zero-order chi connectivity index (χ0) is 13.6. The summed E-state index contributed by atoms with van der Waals surface area (Å²) in [4.78, 5) is 0. The van der Waals surface area contributed by atoms with Crippen LogP contribution < -0.4 is 0 Å². The molecule has 0 unspecified atom stereocenters. The van der Waals surface area contributed by atoms with Crippen LogP contribution in [0.25, 0.3) is 0 Å². The topological polar surface area (TPSA) is 103 Å². The predicted molar refractivity (Wildman–Crippen MR) is 61.1 cm³/mol. The van der Waals surface area contributed by atoms with Gasteiger partial charge in [0.15, 0.2) is 17.0 Å². The Labute approximate surface area is 108 Å². The Morgan fingerprint density at radius 3 is 2.74 bits per heavy atom. The number of aromatic hydroxyl groups is 1. The van der Waals surface area contributed by atoms with Crippen molar-refractivity contribution >= 4 is 0 Å². The minimum absolute atomic E-state index is 0.00662. The number of rotatable bonds is 0. The van der Waals surface area contributed by atoms with E-state index < -0.39 is 29.2 Å². The van der Waals surface area contributed by atoms with Crippen LogP contribution in [0.1, 0.15) is 30.3 Å². The Bertz CT molecular complexity index is 584. The van der Waals surface area contributed by atoms with Crippen LogP contribution in [0.3, 0.4) is 0 Å². The minimum Gasteiger partial charge on any atom is -0.508 e. The molecule has 6 nitrogen and oxygen atoms in total. The predicted octanol–water partition coefficient (Wildman–Crippen LogP) is -0.281. The number of hydrogen-bond acceptors (Lipinski definition) is 6. The molecule has 102 valence electrons. The number of ether oxygens (including phenoxy) is 2. The van der Waals surface area contributed by atoms with Gasteiger partial charge in [0.05, 0.1) is 6.61 Å². The fourth-order valence-electron chi connectivity index (χ4n) is 3.68. The number of benzene rings is 1. The highest BCUT2D eigenvalue weighted by Crippen LogP contribution is 2.73. The van der Waals surface area contributed by atoms with Crippen LogP contribution in [-0.4, -0.2) is 44.0 Å². The highest BCUT2D eigenvalue weighted by Gasteiger charge is 2.90. The van der Waals surface area contributed by atoms with Crippen LogP contribution in [0.2, 0.25) is 0 Å². The molecule has 1 aromatic carbocycles. The molecule has 0 spiro atoms. The fourth-order valence-corrected chi connectivity index (χ4v) is 3.68. The molecule has 2 aliphatic heterocycles. The van der Waals surface area contributed by atoms with Crippen molar-refractivity contribution in [1.29, 1.82) is 0 Å². The molecule has 0 saturated carbocycles. The zero-order valence-electron chi connectivity index (χ0n) is 10.2. The summed E-state index contributed by atoms with van der Waals surface area (Å²) in [6.45, 7) is 1.38. The summed E-state index contributed by atoms with van der Waals surface area (Å²) in [5.41, 5.74) is -1.97. The van der Waals surface area contributed by atoms with Crippen molar-refractivity contribution in [2.75, 3.05) is 6.61 Å². The molecule has 2 saturated heterocycles. The largest absolute Gasteiger partial charge is 0.508 e.